The Balaban J connectivity index is 2.30. The third-order valence-corrected chi connectivity index (χ3v) is 5.39. The van der Waals surface area contributed by atoms with E-state index in [1.54, 1.807) is 6.92 Å². The summed E-state index contributed by atoms with van der Waals surface area (Å²) >= 11 is 0. The number of rotatable bonds is 6. The Morgan fingerprint density at radius 1 is 1.29 bits per heavy atom. The molecule has 0 aromatic rings. The second kappa shape index (κ2) is 6.71. The van der Waals surface area contributed by atoms with E-state index in [0.29, 0.717) is 6.04 Å². The number of nitrogens with one attached hydrogen (secondary N) is 1. The van der Waals surface area contributed by atoms with E-state index < -0.39 is 9.84 Å². The second-order valence-corrected chi connectivity index (χ2v) is 7.37. The average Bonchev–Trinajstić information content (AvgIpc) is 2.29. The van der Waals surface area contributed by atoms with Gasteiger partial charge in [0.1, 0.15) is 0 Å². The van der Waals surface area contributed by atoms with E-state index in [2.05, 4.69) is 17.1 Å². The molecule has 1 atom stereocenters. The highest BCUT2D eigenvalue weighted by Crippen LogP contribution is 2.10. The molecule has 0 radical (unpaired) electrons. The summed E-state index contributed by atoms with van der Waals surface area (Å²) in [7, 11) is -2.86. The molecule has 1 saturated heterocycles. The number of likely N-dealkylation sites (tertiary alicyclic amines) is 1. The molecule has 4 nitrogen and oxygen atoms in total. The summed E-state index contributed by atoms with van der Waals surface area (Å²) < 4.78 is 23.0. The van der Waals surface area contributed by atoms with Crippen LogP contribution in [-0.2, 0) is 9.84 Å². The largest absolute Gasteiger partial charge is 0.310 e. The summed E-state index contributed by atoms with van der Waals surface area (Å²) in [6.07, 6.45) is 2.26. The van der Waals surface area contributed by atoms with E-state index in [1.165, 1.54) is 0 Å². The van der Waals surface area contributed by atoms with Gasteiger partial charge >= 0.3 is 0 Å². The molecule has 0 bridgehead atoms. The van der Waals surface area contributed by atoms with Gasteiger partial charge in [-0.3, -0.25) is 0 Å². The summed E-state index contributed by atoms with van der Waals surface area (Å²) in [6, 6.07) is 0.554. The van der Waals surface area contributed by atoms with Gasteiger partial charge in [0.05, 0.1) is 5.75 Å². The standard InChI is InChI=1S/C12H26N2O2S/c1-4-14-8-6-12(7-9-14)13-11(3)10-17(15,16)5-2/h11-13H,4-10H2,1-3H3. The second-order valence-electron chi connectivity index (χ2n) is 4.98. The molecule has 5 heteroatoms. The molecule has 1 unspecified atom stereocenters. The van der Waals surface area contributed by atoms with Crippen molar-refractivity contribution >= 4 is 9.84 Å². The SMILES string of the molecule is CCN1CCC(NC(C)CS(=O)(=O)CC)CC1. The third kappa shape index (κ3) is 5.36. The van der Waals surface area contributed by atoms with E-state index in [9.17, 15) is 8.42 Å². The first-order chi connectivity index (χ1) is 7.96. The molecule has 0 aromatic heterocycles. The van der Waals surface area contributed by atoms with Gasteiger partial charge in [0, 0.05) is 17.8 Å². The van der Waals surface area contributed by atoms with Crippen molar-refractivity contribution in [2.45, 2.75) is 45.7 Å². The monoisotopic (exact) mass is 262 g/mol. The van der Waals surface area contributed by atoms with Crippen molar-refractivity contribution < 1.29 is 8.42 Å². The van der Waals surface area contributed by atoms with Gasteiger partial charge in [-0.2, -0.15) is 0 Å². The fraction of sp³-hybridized carbons (Fsp3) is 1.00. The lowest BCUT2D eigenvalue weighted by molar-refractivity contribution is 0.202. The van der Waals surface area contributed by atoms with Gasteiger partial charge in [0.2, 0.25) is 0 Å². The maximum absolute atomic E-state index is 11.5. The van der Waals surface area contributed by atoms with E-state index in [-0.39, 0.29) is 17.5 Å². The van der Waals surface area contributed by atoms with Gasteiger partial charge in [-0.25, -0.2) is 8.42 Å². The Morgan fingerprint density at radius 2 is 1.88 bits per heavy atom. The van der Waals surface area contributed by atoms with Gasteiger partial charge < -0.3 is 10.2 Å². The molecule has 0 aliphatic carbocycles. The molecular weight excluding hydrogens is 236 g/mol. The molecule has 1 fully saturated rings. The zero-order valence-electron chi connectivity index (χ0n) is 11.3. The minimum Gasteiger partial charge on any atom is -0.310 e. The molecule has 0 spiro atoms. The van der Waals surface area contributed by atoms with Crippen LogP contribution in [0.4, 0.5) is 0 Å². The van der Waals surface area contributed by atoms with Crippen molar-refractivity contribution in [2.24, 2.45) is 0 Å². The summed E-state index contributed by atoms with van der Waals surface area (Å²) in [4.78, 5) is 2.44. The third-order valence-electron chi connectivity index (χ3n) is 3.50. The van der Waals surface area contributed by atoms with Crippen LogP contribution in [0.1, 0.15) is 33.6 Å². The minimum absolute atomic E-state index is 0.0677. The molecule has 1 N–H and O–H groups in total. The number of piperidine rings is 1. The molecule has 1 heterocycles. The normalized spacial score (nSPS) is 21.6. The molecule has 0 amide bonds. The van der Waals surface area contributed by atoms with Crippen molar-refractivity contribution in [2.75, 3.05) is 31.1 Å². The topological polar surface area (TPSA) is 49.4 Å². The summed E-state index contributed by atoms with van der Waals surface area (Å²) in [5.41, 5.74) is 0. The Morgan fingerprint density at radius 3 is 2.35 bits per heavy atom. The van der Waals surface area contributed by atoms with E-state index in [0.717, 1.165) is 32.5 Å². The smallest absolute Gasteiger partial charge is 0.151 e. The lowest BCUT2D eigenvalue weighted by Gasteiger charge is -2.33. The van der Waals surface area contributed by atoms with Crippen molar-refractivity contribution in [3.05, 3.63) is 0 Å². The summed E-state index contributed by atoms with van der Waals surface area (Å²) in [5.74, 6) is 0.505. The van der Waals surface area contributed by atoms with Crippen LogP contribution in [0.5, 0.6) is 0 Å². The summed E-state index contributed by atoms with van der Waals surface area (Å²) in [5, 5.41) is 3.45. The van der Waals surface area contributed by atoms with Crippen LogP contribution < -0.4 is 5.32 Å². The molecule has 1 aliphatic rings. The highest BCUT2D eigenvalue weighted by molar-refractivity contribution is 7.91. The Kier molecular flexibility index (Phi) is 5.89. The lowest BCUT2D eigenvalue weighted by atomic mass is 10.0. The molecule has 17 heavy (non-hydrogen) atoms. The number of sulfone groups is 1. The molecule has 0 aromatic carbocycles. The molecule has 0 saturated carbocycles. The predicted molar refractivity (Wildman–Crippen MR) is 72.1 cm³/mol. The Bertz CT molecular complexity index is 308. The van der Waals surface area contributed by atoms with Gasteiger partial charge in [0.15, 0.2) is 9.84 Å². The zero-order valence-corrected chi connectivity index (χ0v) is 12.1. The molecular formula is C12H26N2O2S. The Labute approximate surface area is 106 Å². The first-order valence-electron chi connectivity index (χ1n) is 6.65. The number of nitrogens with zero attached hydrogens (tertiary/aromatic N) is 1. The van der Waals surface area contributed by atoms with Crippen molar-refractivity contribution in [1.82, 2.24) is 10.2 Å². The van der Waals surface area contributed by atoms with Gasteiger partial charge in [0.25, 0.3) is 0 Å². The highest BCUT2D eigenvalue weighted by Gasteiger charge is 2.21. The van der Waals surface area contributed by atoms with E-state index in [4.69, 9.17) is 0 Å². The van der Waals surface area contributed by atoms with Crippen LogP contribution in [0.3, 0.4) is 0 Å². The average molecular weight is 262 g/mol. The number of hydrogen-bond acceptors (Lipinski definition) is 4. The van der Waals surface area contributed by atoms with Gasteiger partial charge in [-0.15, -0.1) is 0 Å². The lowest BCUT2D eigenvalue weighted by Crippen LogP contribution is -2.47. The number of hydrogen-bond donors (Lipinski definition) is 1. The fourth-order valence-electron chi connectivity index (χ4n) is 2.37. The maximum atomic E-state index is 11.5. The Hall–Kier alpha value is -0.130. The van der Waals surface area contributed by atoms with Crippen LogP contribution in [-0.4, -0.2) is 56.5 Å². The van der Waals surface area contributed by atoms with Gasteiger partial charge in [-0.1, -0.05) is 13.8 Å². The summed E-state index contributed by atoms with van der Waals surface area (Å²) in [6.45, 7) is 9.24. The quantitative estimate of drug-likeness (QED) is 0.772. The first kappa shape index (κ1) is 14.9. The molecule has 102 valence electrons. The first-order valence-corrected chi connectivity index (χ1v) is 8.47. The minimum atomic E-state index is -2.86. The maximum Gasteiger partial charge on any atom is 0.151 e. The van der Waals surface area contributed by atoms with Crippen LogP contribution in [0.2, 0.25) is 0 Å². The van der Waals surface area contributed by atoms with Crippen LogP contribution in [0.25, 0.3) is 0 Å². The molecule has 1 rings (SSSR count). The molecule has 1 aliphatic heterocycles. The fourth-order valence-corrected chi connectivity index (χ4v) is 3.46. The van der Waals surface area contributed by atoms with E-state index >= 15 is 0 Å². The van der Waals surface area contributed by atoms with Crippen molar-refractivity contribution in [3.63, 3.8) is 0 Å². The zero-order chi connectivity index (χ0) is 12.9. The van der Waals surface area contributed by atoms with Crippen LogP contribution in [0.15, 0.2) is 0 Å². The van der Waals surface area contributed by atoms with Crippen LogP contribution >= 0.6 is 0 Å². The van der Waals surface area contributed by atoms with E-state index in [1.807, 2.05) is 6.92 Å². The van der Waals surface area contributed by atoms with Crippen LogP contribution in [0, 0.1) is 0 Å². The van der Waals surface area contributed by atoms with Gasteiger partial charge in [-0.05, 0) is 39.4 Å². The predicted octanol–water partition coefficient (Wildman–Crippen LogP) is 0.884. The van der Waals surface area contributed by atoms with Crippen molar-refractivity contribution in [1.29, 1.82) is 0 Å². The van der Waals surface area contributed by atoms with Crippen molar-refractivity contribution in [3.8, 4) is 0 Å². The highest BCUT2D eigenvalue weighted by atomic mass is 32.2.